The Morgan fingerprint density at radius 1 is 1.17 bits per heavy atom. The highest BCUT2D eigenvalue weighted by molar-refractivity contribution is 5.84. The van der Waals surface area contributed by atoms with Gasteiger partial charge in [-0.15, -0.1) is 0 Å². The maximum atomic E-state index is 12.1. The highest BCUT2D eigenvalue weighted by Crippen LogP contribution is 2.06. The summed E-state index contributed by atoms with van der Waals surface area (Å²) in [6.07, 6.45) is 3.32. The number of hydrogen-bond donors (Lipinski definition) is 2. The lowest BCUT2D eigenvalue weighted by atomic mass is 10.1. The summed E-state index contributed by atoms with van der Waals surface area (Å²) in [6, 6.07) is 8.25. The molecule has 0 bridgehead atoms. The van der Waals surface area contributed by atoms with Gasteiger partial charge in [-0.1, -0.05) is 56.5 Å². The van der Waals surface area contributed by atoms with E-state index in [2.05, 4.69) is 12.2 Å². The predicted octanol–water partition coefficient (Wildman–Crippen LogP) is 2.57. The minimum Gasteiger partial charge on any atom is -0.459 e. The van der Waals surface area contributed by atoms with Gasteiger partial charge in [-0.05, 0) is 18.9 Å². The minimum absolute atomic E-state index is 0.120. The van der Waals surface area contributed by atoms with Crippen LogP contribution in [0.1, 0.15) is 51.5 Å². The van der Waals surface area contributed by atoms with Crippen molar-refractivity contribution in [3.05, 3.63) is 35.9 Å². The third-order valence-corrected chi connectivity index (χ3v) is 3.53. The van der Waals surface area contributed by atoms with E-state index in [1.54, 1.807) is 0 Å². The molecule has 0 aliphatic rings. The summed E-state index contributed by atoms with van der Waals surface area (Å²) in [4.78, 5) is 23.9. The molecular weight excluding hydrogens is 294 g/mol. The van der Waals surface area contributed by atoms with Crippen LogP contribution in [0.5, 0.6) is 0 Å². The van der Waals surface area contributed by atoms with Gasteiger partial charge in [-0.3, -0.25) is 4.79 Å². The molecule has 0 aliphatic heterocycles. The lowest BCUT2D eigenvalue weighted by Crippen LogP contribution is -2.48. The second kappa shape index (κ2) is 10.8. The summed E-state index contributed by atoms with van der Waals surface area (Å²) in [5.74, 6) is -0.852. The zero-order valence-electron chi connectivity index (χ0n) is 14.0. The molecule has 0 spiro atoms. The Balaban J connectivity index is 2.43. The van der Waals surface area contributed by atoms with Crippen LogP contribution in [-0.4, -0.2) is 29.1 Å². The molecule has 0 fully saturated rings. The summed E-state index contributed by atoms with van der Waals surface area (Å²) >= 11 is 0. The van der Waals surface area contributed by atoms with Gasteiger partial charge in [-0.25, -0.2) is 4.79 Å². The van der Waals surface area contributed by atoms with Gasteiger partial charge in [0.2, 0.25) is 5.91 Å². The van der Waals surface area contributed by atoms with Gasteiger partial charge in [0.1, 0.15) is 6.61 Å². The van der Waals surface area contributed by atoms with E-state index >= 15 is 0 Å². The molecule has 1 aromatic rings. The van der Waals surface area contributed by atoms with E-state index < -0.39 is 18.1 Å². The summed E-state index contributed by atoms with van der Waals surface area (Å²) in [7, 11) is 0. The van der Waals surface area contributed by atoms with Crippen molar-refractivity contribution in [1.82, 2.24) is 5.32 Å². The van der Waals surface area contributed by atoms with Gasteiger partial charge in [0.05, 0.1) is 6.10 Å². The first-order valence-electron chi connectivity index (χ1n) is 8.22. The van der Waals surface area contributed by atoms with E-state index in [9.17, 15) is 14.7 Å². The molecule has 0 radical (unpaired) electrons. The Morgan fingerprint density at radius 3 is 2.48 bits per heavy atom. The second-order valence-electron chi connectivity index (χ2n) is 5.69. The van der Waals surface area contributed by atoms with Crippen LogP contribution in [-0.2, 0) is 20.9 Å². The molecule has 1 rings (SSSR count). The zero-order chi connectivity index (χ0) is 17.1. The first-order valence-corrected chi connectivity index (χ1v) is 8.22. The smallest absolute Gasteiger partial charge is 0.331 e. The average Bonchev–Trinajstić information content (AvgIpc) is 2.55. The van der Waals surface area contributed by atoms with Gasteiger partial charge < -0.3 is 15.2 Å². The molecular formula is C18H27NO4. The van der Waals surface area contributed by atoms with E-state index in [4.69, 9.17) is 4.74 Å². The van der Waals surface area contributed by atoms with E-state index in [1.165, 1.54) is 6.92 Å². The largest absolute Gasteiger partial charge is 0.459 e. The number of aliphatic hydroxyl groups is 1. The van der Waals surface area contributed by atoms with Gasteiger partial charge in [0, 0.05) is 6.42 Å². The maximum Gasteiger partial charge on any atom is 0.331 e. The molecule has 0 unspecified atom stereocenters. The molecule has 1 aromatic carbocycles. The first-order chi connectivity index (χ1) is 11.0. The molecule has 5 heteroatoms. The topological polar surface area (TPSA) is 75.6 Å². The van der Waals surface area contributed by atoms with Crippen molar-refractivity contribution in [2.75, 3.05) is 0 Å². The third kappa shape index (κ3) is 7.79. The number of benzene rings is 1. The number of esters is 1. The lowest BCUT2D eigenvalue weighted by molar-refractivity contribution is -0.152. The van der Waals surface area contributed by atoms with Gasteiger partial charge in [-0.2, -0.15) is 0 Å². The van der Waals surface area contributed by atoms with Crippen molar-refractivity contribution in [3.8, 4) is 0 Å². The molecule has 23 heavy (non-hydrogen) atoms. The van der Waals surface area contributed by atoms with Crippen molar-refractivity contribution >= 4 is 11.9 Å². The zero-order valence-corrected chi connectivity index (χ0v) is 14.0. The standard InChI is InChI=1S/C18H27NO4/c1-3-4-5-9-12-16(21)19-17(14(2)20)18(22)23-13-15-10-7-6-8-11-15/h6-8,10-11,14,17,20H,3-5,9,12-13H2,1-2H3,(H,19,21)/t14-,17-/m0/s1. The quantitative estimate of drug-likeness (QED) is 0.513. The molecule has 5 nitrogen and oxygen atoms in total. The van der Waals surface area contributed by atoms with Crippen molar-refractivity contribution in [3.63, 3.8) is 0 Å². The van der Waals surface area contributed by atoms with Gasteiger partial charge in [0.25, 0.3) is 0 Å². The fourth-order valence-corrected chi connectivity index (χ4v) is 2.15. The molecule has 2 N–H and O–H groups in total. The number of rotatable bonds is 10. The number of amides is 1. The highest BCUT2D eigenvalue weighted by Gasteiger charge is 2.26. The Hall–Kier alpha value is -1.88. The number of nitrogens with one attached hydrogen (secondary N) is 1. The normalized spacial score (nSPS) is 13.2. The minimum atomic E-state index is -1.03. The van der Waals surface area contributed by atoms with Crippen LogP contribution in [0.25, 0.3) is 0 Å². The van der Waals surface area contributed by atoms with E-state index in [1.807, 2.05) is 30.3 Å². The van der Waals surface area contributed by atoms with Crippen LogP contribution in [0.15, 0.2) is 30.3 Å². The first kappa shape index (κ1) is 19.2. The number of carbonyl (C=O) groups excluding carboxylic acids is 2. The van der Waals surface area contributed by atoms with Gasteiger partial charge >= 0.3 is 5.97 Å². The van der Waals surface area contributed by atoms with Crippen molar-refractivity contribution in [2.24, 2.45) is 0 Å². The number of carbonyl (C=O) groups is 2. The van der Waals surface area contributed by atoms with Crippen LogP contribution in [0.2, 0.25) is 0 Å². The summed E-state index contributed by atoms with van der Waals surface area (Å²) in [6.45, 7) is 3.69. The number of hydrogen-bond acceptors (Lipinski definition) is 4. The number of unbranched alkanes of at least 4 members (excludes halogenated alkanes) is 3. The van der Waals surface area contributed by atoms with Crippen molar-refractivity contribution in [1.29, 1.82) is 0 Å². The van der Waals surface area contributed by atoms with Crippen LogP contribution in [0, 0.1) is 0 Å². The third-order valence-electron chi connectivity index (χ3n) is 3.53. The van der Waals surface area contributed by atoms with Crippen LogP contribution < -0.4 is 5.32 Å². The second-order valence-corrected chi connectivity index (χ2v) is 5.69. The fourth-order valence-electron chi connectivity index (χ4n) is 2.15. The fraction of sp³-hybridized carbons (Fsp3) is 0.556. The Bertz CT molecular complexity index is 473. The Labute approximate surface area is 138 Å². The van der Waals surface area contributed by atoms with Crippen LogP contribution in [0.4, 0.5) is 0 Å². The van der Waals surface area contributed by atoms with E-state index in [-0.39, 0.29) is 12.5 Å². The van der Waals surface area contributed by atoms with E-state index in [0.717, 1.165) is 31.2 Å². The highest BCUT2D eigenvalue weighted by atomic mass is 16.5. The Kier molecular flexibility index (Phi) is 8.98. The molecule has 128 valence electrons. The maximum absolute atomic E-state index is 12.1. The summed E-state index contributed by atoms with van der Waals surface area (Å²) in [5, 5.41) is 12.3. The molecule has 2 atom stereocenters. The van der Waals surface area contributed by atoms with Crippen molar-refractivity contribution in [2.45, 2.75) is 64.7 Å². The van der Waals surface area contributed by atoms with Crippen LogP contribution in [0.3, 0.4) is 0 Å². The number of aliphatic hydroxyl groups excluding tert-OH is 1. The molecule has 0 saturated carbocycles. The summed E-state index contributed by atoms with van der Waals surface area (Å²) < 4.78 is 5.18. The predicted molar refractivity (Wildman–Crippen MR) is 88.6 cm³/mol. The van der Waals surface area contributed by atoms with E-state index in [0.29, 0.717) is 6.42 Å². The SMILES string of the molecule is CCCCCCC(=O)N[C@H](C(=O)OCc1ccccc1)[C@H](C)O. The monoisotopic (exact) mass is 321 g/mol. The molecule has 0 heterocycles. The molecule has 0 saturated heterocycles. The summed E-state index contributed by atoms with van der Waals surface area (Å²) in [5.41, 5.74) is 0.857. The lowest BCUT2D eigenvalue weighted by Gasteiger charge is -2.20. The average molecular weight is 321 g/mol. The molecule has 0 aliphatic carbocycles. The van der Waals surface area contributed by atoms with Gasteiger partial charge in [0.15, 0.2) is 6.04 Å². The van der Waals surface area contributed by atoms with Crippen LogP contribution >= 0.6 is 0 Å². The molecule has 1 amide bonds. The molecule has 0 aromatic heterocycles. The van der Waals surface area contributed by atoms with Crippen molar-refractivity contribution < 1.29 is 19.4 Å². The Morgan fingerprint density at radius 2 is 1.87 bits per heavy atom. The number of ether oxygens (including phenoxy) is 1.